The van der Waals surface area contributed by atoms with Crippen LogP contribution in [0.3, 0.4) is 0 Å². The van der Waals surface area contributed by atoms with Gasteiger partial charge < -0.3 is 4.90 Å². The van der Waals surface area contributed by atoms with Crippen LogP contribution < -0.4 is 0 Å². The Labute approximate surface area is 134 Å². The smallest absolute Gasteiger partial charge is 0.256 e. The highest BCUT2D eigenvalue weighted by atomic mass is 32.1. The largest absolute Gasteiger partial charge is 0.337 e. The van der Waals surface area contributed by atoms with Gasteiger partial charge in [-0.25, -0.2) is 9.97 Å². The lowest BCUT2D eigenvalue weighted by atomic mass is 10.2. The first-order valence-corrected chi connectivity index (χ1v) is 8.15. The third-order valence-electron chi connectivity index (χ3n) is 4.06. The summed E-state index contributed by atoms with van der Waals surface area (Å²) in [6.45, 7) is 4.12. The maximum absolute atomic E-state index is 12.5. The molecule has 0 radical (unpaired) electrons. The van der Waals surface area contributed by atoms with Gasteiger partial charge in [0.1, 0.15) is 5.82 Å². The summed E-state index contributed by atoms with van der Waals surface area (Å²) in [7, 11) is 2.06. The van der Waals surface area contributed by atoms with E-state index in [1.165, 1.54) is 11.5 Å². The molecule has 22 heavy (non-hydrogen) atoms. The van der Waals surface area contributed by atoms with E-state index in [2.05, 4.69) is 26.3 Å². The van der Waals surface area contributed by atoms with Gasteiger partial charge in [0.25, 0.3) is 5.91 Å². The van der Waals surface area contributed by atoms with Crippen molar-refractivity contribution in [3.63, 3.8) is 0 Å². The summed E-state index contributed by atoms with van der Waals surface area (Å²) in [4.78, 5) is 25.2. The molecule has 1 amide bonds. The first kappa shape index (κ1) is 15.1. The van der Waals surface area contributed by atoms with Gasteiger partial charge in [0.15, 0.2) is 0 Å². The maximum Gasteiger partial charge on any atom is 0.256 e. The van der Waals surface area contributed by atoms with Crippen molar-refractivity contribution in [3.8, 4) is 0 Å². The normalized spacial score (nSPS) is 18.1. The molecule has 7 heteroatoms. The third kappa shape index (κ3) is 3.15. The number of carbonyl (C=O) groups is 1. The first-order valence-electron chi connectivity index (χ1n) is 7.31. The van der Waals surface area contributed by atoms with Crippen molar-refractivity contribution in [1.82, 2.24) is 24.1 Å². The van der Waals surface area contributed by atoms with Crippen LogP contribution in [0.5, 0.6) is 0 Å². The quantitative estimate of drug-likeness (QED) is 0.857. The standard InChI is InChI=1S/C15H19N5OS/c1-11-13(10-22-18-11)15(21)20-7-4-12(8-20)19(2)9-14-16-5-3-6-17-14/h3,5-6,10,12H,4,7-9H2,1-2H3/t12-/m1/s1. The van der Waals surface area contributed by atoms with Crippen molar-refractivity contribution in [1.29, 1.82) is 0 Å². The predicted octanol–water partition coefficient (Wildman–Crippen LogP) is 1.59. The highest BCUT2D eigenvalue weighted by Gasteiger charge is 2.30. The molecule has 3 heterocycles. The molecule has 0 aromatic carbocycles. The summed E-state index contributed by atoms with van der Waals surface area (Å²) in [5.41, 5.74) is 1.56. The van der Waals surface area contributed by atoms with E-state index in [9.17, 15) is 4.79 Å². The van der Waals surface area contributed by atoms with E-state index in [0.29, 0.717) is 12.6 Å². The van der Waals surface area contributed by atoms with Crippen LogP contribution in [0.2, 0.25) is 0 Å². The second-order valence-electron chi connectivity index (χ2n) is 5.59. The van der Waals surface area contributed by atoms with Gasteiger partial charge >= 0.3 is 0 Å². The Morgan fingerprint density at radius 1 is 1.45 bits per heavy atom. The van der Waals surface area contributed by atoms with Gasteiger partial charge in [0.2, 0.25) is 0 Å². The molecular weight excluding hydrogens is 298 g/mol. The minimum absolute atomic E-state index is 0.0955. The molecule has 0 spiro atoms. The van der Waals surface area contributed by atoms with Crippen LogP contribution in [0.1, 0.15) is 28.3 Å². The van der Waals surface area contributed by atoms with Crippen LogP contribution in [-0.4, -0.2) is 56.2 Å². The summed E-state index contributed by atoms with van der Waals surface area (Å²) in [5.74, 6) is 0.908. The van der Waals surface area contributed by atoms with Gasteiger partial charge in [0.05, 0.1) is 17.8 Å². The van der Waals surface area contributed by atoms with Crippen LogP contribution in [0.25, 0.3) is 0 Å². The Kier molecular flexibility index (Phi) is 4.44. The van der Waals surface area contributed by atoms with E-state index >= 15 is 0 Å². The highest BCUT2D eigenvalue weighted by Crippen LogP contribution is 2.20. The fourth-order valence-corrected chi connectivity index (χ4v) is 3.40. The van der Waals surface area contributed by atoms with Gasteiger partial charge in [0, 0.05) is 36.9 Å². The van der Waals surface area contributed by atoms with E-state index in [0.717, 1.165) is 36.6 Å². The number of hydrogen-bond acceptors (Lipinski definition) is 6. The number of amides is 1. The molecule has 1 fully saturated rings. The third-order valence-corrected chi connectivity index (χ3v) is 4.78. The molecule has 6 nitrogen and oxygen atoms in total. The molecule has 1 aliphatic rings. The molecule has 2 aromatic rings. The average molecular weight is 317 g/mol. The molecule has 2 aromatic heterocycles. The Morgan fingerprint density at radius 2 is 2.23 bits per heavy atom. The van der Waals surface area contributed by atoms with Crippen molar-refractivity contribution >= 4 is 17.4 Å². The van der Waals surface area contributed by atoms with Crippen molar-refractivity contribution < 1.29 is 4.79 Å². The lowest BCUT2D eigenvalue weighted by molar-refractivity contribution is 0.0779. The zero-order valence-electron chi connectivity index (χ0n) is 12.8. The highest BCUT2D eigenvalue weighted by molar-refractivity contribution is 7.03. The molecule has 0 saturated carbocycles. The predicted molar refractivity (Wildman–Crippen MR) is 84.7 cm³/mol. The maximum atomic E-state index is 12.5. The molecular formula is C15H19N5OS. The molecule has 1 saturated heterocycles. The molecule has 0 unspecified atom stereocenters. The topological polar surface area (TPSA) is 62.2 Å². The fourth-order valence-electron chi connectivity index (χ4n) is 2.72. The summed E-state index contributed by atoms with van der Waals surface area (Å²) in [5, 5.41) is 1.84. The summed E-state index contributed by atoms with van der Waals surface area (Å²) in [6, 6.07) is 2.16. The lowest BCUT2D eigenvalue weighted by Crippen LogP contribution is -2.36. The van der Waals surface area contributed by atoms with Crippen molar-refractivity contribution in [2.75, 3.05) is 20.1 Å². The zero-order valence-corrected chi connectivity index (χ0v) is 13.6. The minimum Gasteiger partial charge on any atom is -0.337 e. The van der Waals surface area contributed by atoms with Crippen molar-refractivity contribution in [3.05, 3.63) is 40.9 Å². The first-order chi connectivity index (χ1) is 10.6. The number of nitrogens with zero attached hydrogens (tertiary/aromatic N) is 5. The fraction of sp³-hybridized carbons (Fsp3) is 0.467. The van der Waals surface area contributed by atoms with E-state index < -0.39 is 0 Å². The number of rotatable bonds is 4. The minimum atomic E-state index is 0.0955. The molecule has 3 rings (SSSR count). The Hall–Kier alpha value is -1.86. The Balaban J connectivity index is 1.60. The van der Waals surface area contributed by atoms with Crippen molar-refractivity contribution in [2.45, 2.75) is 25.9 Å². The van der Waals surface area contributed by atoms with Gasteiger partial charge in [-0.2, -0.15) is 4.37 Å². The van der Waals surface area contributed by atoms with Crippen LogP contribution in [0, 0.1) is 6.92 Å². The number of hydrogen-bond donors (Lipinski definition) is 0. The Morgan fingerprint density at radius 3 is 2.91 bits per heavy atom. The number of aryl methyl sites for hydroxylation is 1. The number of carbonyl (C=O) groups excluding carboxylic acids is 1. The summed E-state index contributed by atoms with van der Waals surface area (Å²) in [6.07, 6.45) is 4.49. The molecule has 0 N–H and O–H groups in total. The molecule has 116 valence electrons. The van der Waals surface area contributed by atoms with Crippen LogP contribution >= 0.6 is 11.5 Å². The number of likely N-dealkylation sites (tertiary alicyclic amines) is 1. The van der Waals surface area contributed by atoms with E-state index in [4.69, 9.17) is 0 Å². The second-order valence-corrected chi connectivity index (χ2v) is 6.22. The Bertz CT molecular complexity index is 644. The molecule has 0 aliphatic carbocycles. The summed E-state index contributed by atoms with van der Waals surface area (Å²) >= 11 is 1.34. The number of likely N-dealkylation sites (N-methyl/N-ethyl adjacent to an activating group) is 1. The molecule has 1 atom stereocenters. The van der Waals surface area contributed by atoms with Gasteiger partial charge in [-0.1, -0.05) is 0 Å². The van der Waals surface area contributed by atoms with E-state index in [1.807, 2.05) is 23.3 Å². The molecule has 1 aliphatic heterocycles. The zero-order chi connectivity index (χ0) is 15.5. The van der Waals surface area contributed by atoms with Gasteiger partial charge in [-0.05, 0) is 38.0 Å². The summed E-state index contributed by atoms with van der Waals surface area (Å²) < 4.78 is 4.19. The number of aromatic nitrogens is 3. The molecule has 0 bridgehead atoms. The lowest BCUT2D eigenvalue weighted by Gasteiger charge is -2.23. The van der Waals surface area contributed by atoms with Gasteiger partial charge in [-0.15, -0.1) is 0 Å². The van der Waals surface area contributed by atoms with Gasteiger partial charge in [-0.3, -0.25) is 9.69 Å². The van der Waals surface area contributed by atoms with E-state index in [1.54, 1.807) is 12.4 Å². The monoisotopic (exact) mass is 317 g/mol. The second kappa shape index (κ2) is 6.50. The van der Waals surface area contributed by atoms with Crippen LogP contribution in [-0.2, 0) is 6.54 Å². The van der Waals surface area contributed by atoms with E-state index in [-0.39, 0.29) is 5.91 Å². The van der Waals surface area contributed by atoms with Crippen LogP contribution in [0.15, 0.2) is 23.8 Å². The van der Waals surface area contributed by atoms with Crippen LogP contribution in [0.4, 0.5) is 0 Å². The SMILES string of the molecule is Cc1nscc1C(=O)N1CC[C@@H](N(C)Cc2ncccn2)C1. The average Bonchev–Trinajstić information content (AvgIpc) is 3.16. The van der Waals surface area contributed by atoms with Crippen molar-refractivity contribution in [2.24, 2.45) is 0 Å².